The summed E-state index contributed by atoms with van der Waals surface area (Å²) < 4.78 is 1.76. The molecule has 0 spiro atoms. The van der Waals surface area contributed by atoms with Gasteiger partial charge in [0, 0.05) is 40.6 Å². The number of likely N-dealkylation sites (tertiary alicyclic amines) is 1. The van der Waals surface area contributed by atoms with E-state index >= 15 is 0 Å². The zero-order valence-electron chi connectivity index (χ0n) is 11.2. The summed E-state index contributed by atoms with van der Waals surface area (Å²) in [7, 11) is 0. The molecule has 20 heavy (non-hydrogen) atoms. The number of piperidine rings is 1. The Kier molecular flexibility index (Phi) is 5.21. The first kappa shape index (κ1) is 15.5. The molecule has 0 saturated carbocycles. The molecule has 1 aliphatic rings. The summed E-state index contributed by atoms with van der Waals surface area (Å²) in [6.07, 6.45) is 1.61. The van der Waals surface area contributed by atoms with E-state index in [4.69, 9.17) is 0 Å². The van der Waals surface area contributed by atoms with Crippen molar-refractivity contribution in [3.05, 3.63) is 32.7 Å². The number of benzene rings is 1. The lowest BCUT2D eigenvalue weighted by Crippen LogP contribution is -2.46. The summed E-state index contributed by atoms with van der Waals surface area (Å²) in [5, 5.41) is 2.91. The van der Waals surface area contributed by atoms with Crippen LogP contribution in [0.2, 0.25) is 0 Å². The van der Waals surface area contributed by atoms with Crippen molar-refractivity contribution in [1.29, 1.82) is 0 Å². The molecule has 1 aromatic carbocycles. The fourth-order valence-electron chi connectivity index (χ4n) is 2.37. The summed E-state index contributed by atoms with van der Waals surface area (Å²) in [5.41, 5.74) is 0.671. The van der Waals surface area contributed by atoms with Crippen molar-refractivity contribution in [3.63, 3.8) is 0 Å². The van der Waals surface area contributed by atoms with Gasteiger partial charge in [0.05, 0.1) is 0 Å². The smallest absolute Gasteiger partial charge is 0.253 e. The molecule has 1 heterocycles. The van der Waals surface area contributed by atoms with E-state index in [9.17, 15) is 9.59 Å². The lowest BCUT2D eigenvalue weighted by molar-refractivity contribution is -0.119. The lowest BCUT2D eigenvalue weighted by Gasteiger charge is -2.32. The van der Waals surface area contributed by atoms with E-state index in [0.717, 1.165) is 21.8 Å². The van der Waals surface area contributed by atoms with Gasteiger partial charge in [-0.3, -0.25) is 9.59 Å². The maximum atomic E-state index is 12.4. The number of rotatable bonds is 2. The molecule has 2 amide bonds. The summed E-state index contributed by atoms with van der Waals surface area (Å²) in [5.74, 6) is 0.0268. The van der Waals surface area contributed by atoms with Crippen LogP contribution in [0.1, 0.15) is 30.1 Å². The quantitative estimate of drug-likeness (QED) is 0.825. The molecular formula is C14H16Br2N2O2. The largest absolute Gasteiger partial charge is 0.353 e. The van der Waals surface area contributed by atoms with Gasteiger partial charge in [-0.15, -0.1) is 0 Å². The van der Waals surface area contributed by atoms with Crippen molar-refractivity contribution >= 4 is 43.7 Å². The highest BCUT2D eigenvalue weighted by molar-refractivity contribution is 9.11. The van der Waals surface area contributed by atoms with Gasteiger partial charge in [0.15, 0.2) is 0 Å². The Morgan fingerprint density at radius 1 is 1.15 bits per heavy atom. The van der Waals surface area contributed by atoms with Crippen molar-refractivity contribution in [3.8, 4) is 0 Å². The van der Waals surface area contributed by atoms with Gasteiger partial charge in [-0.2, -0.15) is 0 Å². The highest BCUT2D eigenvalue weighted by Gasteiger charge is 2.24. The van der Waals surface area contributed by atoms with E-state index in [1.165, 1.54) is 6.92 Å². The molecule has 1 saturated heterocycles. The first-order chi connectivity index (χ1) is 9.45. The molecule has 2 rings (SSSR count). The monoisotopic (exact) mass is 402 g/mol. The number of nitrogens with zero attached hydrogens (tertiary/aromatic N) is 1. The molecule has 0 radical (unpaired) electrons. The van der Waals surface area contributed by atoms with Crippen LogP contribution in [-0.4, -0.2) is 35.8 Å². The van der Waals surface area contributed by atoms with Crippen molar-refractivity contribution < 1.29 is 9.59 Å². The first-order valence-corrected chi connectivity index (χ1v) is 8.07. The Hall–Kier alpha value is -0.880. The van der Waals surface area contributed by atoms with Gasteiger partial charge in [0.25, 0.3) is 5.91 Å². The fraction of sp³-hybridized carbons (Fsp3) is 0.429. The minimum Gasteiger partial charge on any atom is -0.353 e. The Morgan fingerprint density at radius 3 is 2.20 bits per heavy atom. The van der Waals surface area contributed by atoms with Crippen LogP contribution in [-0.2, 0) is 4.79 Å². The van der Waals surface area contributed by atoms with Crippen molar-refractivity contribution in [1.82, 2.24) is 10.2 Å². The predicted octanol–water partition coefficient (Wildman–Crippen LogP) is 2.95. The van der Waals surface area contributed by atoms with E-state index in [1.807, 2.05) is 23.1 Å². The summed E-state index contributed by atoms with van der Waals surface area (Å²) >= 11 is 6.79. The molecule has 108 valence electrons. The van der Waals surface area contributed by atoms with Crippen LogP contribution >= 0.6 is 31.9 Å². The van der Waals surface area contributed by atoms with Crippen LogP contribution in [0.3, 0.4) is 0 Å². The zero-order chi connectivity index (χ0) is 14.7. The van der Waals surface area contributed by atoms with Gasteiger partial charge in [-0.1, -0.05) is 31.9 Å². The van der Waals surface area contributed by atoms with Crippen molar-refractivity contribution in [2.24, 2.45) is 0 Å². The average Bonchev–Trinajstić information content (AvgIpc) is 2.37. The molecule has 0 unspecified atom stereocenters. The van der Waals surface area contributed by atoms with Gasteiger partial charge < -0.3 is 10.2 Å². The third-order valence-electron chi connectivity index (χ3n) is 3.30. The number of nitrogens with one attached hydrogen (secondary N) is 1. The highest BCUT2D eigenvalue weighted by Crippen LogP contribution is 2.22. The molecule has 6 heteroatoms. The number of amides is 2. The molecule has 0 aromatic heterocycles. The molecule has 0 bridgehead atoms. The standard InChI is InChI=1S/C14H16Br2N2O2/c1-9(19)17-13-2-4-18(5-3-13)14(20)10-6-11(15)8-12(16)7-10/h6-8,13H,2-5H2,1H3,(H,17,19). The topological polar surface area (TPSA) is 49.4 Å². The Labute approximate surface area is 135 Å². The van der Waals surface area contributed by atoms with E-state index in [1.54, 1.807) is 0 Å². The zero-order valence-corrected chi connectivity index (χ0v) is 14.3. The van der Waals surface area contributed by atoms with Gasteiger partial charge in [-0.05, 0) is 31.0 Å². The van der Waals surface area contributed by atoms with Gasteiger partial charge in [0.1, 0.15) is 0 Å². The summed E-state index contributed by atoms with van der Waals surface area (Å²) in [6.45, 7) is 2.87. The normalized spacial score (nSPS) is 16.1. The van der Waals surface area contributed by atoms with Crippen LogP contribution in [0.15, 0.2) is 27.1 Å². The minimum atomic E-state index is -0.00861. The number of halogens is 2. The highest BCUT2D eigenvalue weighted by atomic mass is 79.9. The van der Waals surface area contributed by atoms with Crippen molar-refractivity contribution in [2.75, 3.05) is 13.1 Å². The Balaban J connectivity index is 1.99. The lowest BCUT2D eigenvalue weighted by atomic mass is 10.0. The number of hydrogen-bond donors (Lipinski definition) is 1. The Morgan fingerprint density at radius 2 is 1.70 bits per heavy atom. The molecule has 1 aromatic rings. The molecule has 1 fully saturated rings. The molecule has 0 atom stereocenters. The van der Waals surface area contributed by atoms with E-state index < -0.39 is 0 Å². The third-order valence-corrected chi connectivity index (χ3v) is 4.21. The SMILES string of the molecule is CC(=O)NC1CCN(C(=O)c2cc(Br)cc(Br)c2)CC1. The fourth-order valence-corrected chi connectivity index (χ4v) is 3.67. The van der Waals surface area contributed by atoms with Crippen LogP contribution in [0.25, 0.3) is 0 Å². The number of carbonyl (C=O) groups excluding carboxylic acids is 2. The molecule has 4 nitrogen and oxygen atoms in total. The molecule has 0 aliphatic carbocycles. The molecule has 1 aliphatic heterocycles. The first-order valence-electron chi connectivity index (χ1n) is 6.48. The maximum absolute atomic E-state index is 12.4. The summed E-state index contributed by atoms with van der Waals surface area (Å²) in [6, 6.07) is 5.74. The Bertz CT molecular complexity index is 506. The van der Waals surface area contributed by atoms with Crippen LogP contribution in [0.4, 0.5) is 0 Å². The maximum Gasteiger partial charge on any atom is 0.253 e. The van der Waals surface area contributed by atoms with Crippen LogP contribution in [0, 0.1) is 0 Å². The second-order valence-electron chi connectivity index (χ2n) is 4.93. The van der Waals surface area contributed by atoms with E-state index in [2.05, 4.69) is 37.2 Å². The molecular weight excluding hydrogens is 388 g/mol. The van der Waals surface area contributed by atoms with Gasteiger partial charge in [0.2, 0.25) is 5.91 Å². The van der Waals surface area contributed by atoms with Crippen LogP contribution < -0.4 is 5.32 Å². The predicted molar refractivity (Wildman–Crippen MR) is 84.6 cm³/mol. The van der Waals surface area contributed by atoms with Crippen molar-refractivity contribution in [2.45, 2.75) is 25.8 Å². The second kappa shape index (κ2) is 6.72. The molecule has 1 N–H and O–H groups in total. The van der Waals surface area contributed by atoms with E-state index in [0.29, 0.717) is 18.7 Å². The minimum absolute atomic E-state index is 0.00861. The third kappa shape index (κ3) is 4.06. The van der Waals surface area contributed by atoms with E-state index in [-0.39, 0.29) is 17.9 Å². The summed E-state index contributed by atoms with van der Waals surface area (Å²) in [4.78, 5) is 25.3. The number of carbonyl (C=O) groups is 2. The van der Waals surface area contributed by atoms with Crippen LogP contribution in [0.5, 0.6) is 0 Å². The average molecular weight is 404 g/mol. The number of hydrogen-bond acceptors (Lipinski definition) is 2. The van der Waals surface area contributed by atoms with Gasteiger partial charge in [-0.25, -0.2) is 0 Å². The van der Waals surface area contributed by atoms with Gasteiger partial charge >= 0.3 is 0 Å². The second-order valence-corrected chi connectivity index (χ2v) is 6.76.